The summed E-state index contributed by atoms with van der Waals surface area (Å²) < 4.78 is 2.14. The zero-order valence-electron chi connectivity index (χ0n) is 22.9. The third-order valence-corrected chi connectivity index (χ3v) is 8.25. The van der Waals surface area contributed by atoms with Crippen LogP contribution in [0.1, 0.15) is 63.2 Å². The van der Waals surface area contributed by atoms with Crippen molar-refractivity contribution in [3.05, 3.63) is 47.8 Å². The summed E-state index contributed by atoms with van der Waals surface area (Å²) in [6.07, 6.45) is 7.22. The second-order valence-electron chi connectivity index (χ2n) is 11.3. The molecule has 4 heterocycles. The smallest absolute Gasteiger partial charge is 0.313 e. The average molecular weight is 518 g/mol. The van der Waals surface area contributed by atoms with E-state index in [2.05, 4.69) is 65.2 Å². The third kappa shape index (κ3) is 5.25. The Morgan fingerprint density at radius 3 is 2.71 bits per heavy atom. The number of aromatic nitrogens is 3. The quantitative estimate of drug-likeness (QED) is 0.506. The number of fused-ring (bicyclic) bond motifs is 1. The Labute approximate surface area is 224 Å². The molecule has 3 N–H and O–H groups in total. The number of nitrogens with one attached hydrogen (secondary N) is 1. The highest BCUT2D eigenvalue weighted by atomic mass is 16.2. The van der Waals surface area contributed by atoms with Gasteiger partial charge in [0.25, 0.3) is 0 Å². The second kappa shape index (κ2) is 10.7. The van der Waals surface area contributed by atoms with Crippen LogP contribution in [0.15, 0.2) is 36.7 Å². The maximum absolute atomic E-state index is 13.4. The Kier molecular flexibility index (Phi) is 7.38. The highest BCUT2D eigenvalue weighted by Crippen LogP contribution is 2.35. The van der Waals surface area contributed by atoms with Crippen LogP contribution in [0.4, 0.5) is 11.5 Å². The van der Waals surface area contributed by atoms with Gasteiger partial charge in [-0.25, -0.2) is 4.98 Å². The molecule has 9 heteroatoms. The lowest BCUT2D eigenvalue weighted by Crippen LogP contribution is -2.46. The lowest BCUT2D eigenvalue weighted by atomic mass is 9.89. The van der Waals surface area contributed by atoms with E-state index in [0.29, 0.717) is 42.3 Å². The van der Waals surface area contributed by atoms with Crippen LogP contribution in [-0.2, 0) is 16.0 Å². The summed E-state index contributed by atoms with van der Waals surface area (Å²) in [6, 6.07) is 8.28. The molecule has 202 valence electrons. The molecule has 0 radical (unpaired) electrons. The largest absolute Gasteiger partial charge is 0.383 e. The number of nitrogen functional groups attached to an aromatic ring is 1. The molecule has 4 atom stereocenters. The van der Waals surface area contributed by atoms with E-state index in [4.69, 9.17) is 10.8 Å². The van der Waals surface area contributed by atoms with Crippen molar-refractivity contribution in [2.75, 3.05) is 37.7 Å². The number of hydrogen-bond acceptors (Lipinski definition) is 6. The van der Waals surface area contributed by atoms with Crippen molar-refractivity contribution < 1.29 is 9.59 Å². The Morgan fingerprint density at radius 2 is 1.95 bits per heavy atom. The highest BCUT2D eigenvalue weighted by Gasteiger charge is 2.35. The van der Waals surface area contributed by atoms with Crippen LogP contribution in [0, 0.1) is 11.8 Å². The lowest BCUT2D eigenvalue weighted by molar-refractivity contribution is -0.146. The Hall–Kier alpha value is -3.46. The first-order valence-corrected chi connectivity index (χ1v) is 13.8. The van der Waals surface area contributed by atoms with Gasteiger partial charge in [-0.2, -0.15) is 5.10 Å². The number of aryl methyl sites for hydroxylation is 1. The molecule has 2 fully saturated rings. The number of carbonyl (C=O) groups is 2. The molecule has 2 aromatic heterocycles. The van der Waals surface area contributed by atoms with E-state index in [-0.39, 0.29) is 6.04 Å². The van der Waals surface area contributed by atoms with Crippen LogP contribution in [0.5, 0.6) is 0 Å². The fraction of sp³-hybridized carbons (Fsp3) is 0.517. The minimum absolute atomic E-state index is 0.169. The molecule has 0 saturated carbocycles. The number of hydrogen-bond donors (Lipinski definition) is 2. The van der Waals surface area contributed by atoms with E-state index in [1.807, 2.05) is 6.92 Å². The zero-order chi connectivity index (χ0) is 27.0. The number of likely N-dealkylation sites (tertiary alicyclic amines) is 2. The van der Waals surface area contributed by atoms with Crippen molar-refractivity contribution in [3.8, 4) is 0 Å². The second-order valence-corrected chi connectivity index (χ2v) is 11.3. The standard InChI is InChI=1S/C29H39N7O2/c1-5-20-12-23(14-31-27(20)30)32-28(37)29(38)35-15-18(2)6-9-26(35)21-7-8-22-17-36(33-24(22)13-21)25-10-11-34(4)16-19(25)3/h7-8,12-14,17-19,25-26H,5-6,9-11,15-16H2,1-4H3,(H2,30,31)(H,32,37)/t18-,19-,25+,26+/m0/s1. The van der Waals surface area contributed by atoms with E-state index in [1.165, 1.54) is 6.20 Å². The molecule has 2 aliphatic rings. The van der Waals surface area contributed by atoms with Gasteiger partial charge in [-0.15, -0.1) is 0 Å². The number of benzene rings is 1. The number of anilines is 2. The van der Waals surface area contributed by atoms with E-state index in [0.717, 1.165) is 54.4 Å². The minimum Gasteiger partial charge on any atom is -0.383 e. The van der Waals surface area contributed by atoms with Gasteiger partial charge in [0.15, 0.2) is 0 Å². The molecule has 2 amide bonds. The van der Waals surface area contributed by atoms with Gasteiger partial charge in [-0.05, 0) is 74.4 Å². The third-order valence-electron chi connectivity index (χ3n) is 8.25. The van der Waals surface area contributed by atoms with Gasteiger partial charge in [0, 0.05) is 24.7 Å². The van der Waals surface area contributed by atoms with Gasteiger partial charge in [0.2, 0.25) is 0 Å². The van der Waals surface area contributed by atoms with Crippen LogP contribution in [0.2, 0.25) is 0 Å². The van der Waals surface area contributed by atoms with E-state index in [9.17, 15) is 9.59 Å². The van der Waals surface area contributed by atoms with E-state index < -0.39 is 11.8 Å². The van der Waals surface area contributed by atoms with Gasteiger partial charge in [0.1, 0.15) is 5.82 Å². The van der Waals surface area contributed by atoms with Crippen LogP contribution in [0.25, 0.3) is 10.9 Å². The lowest BCUT2D eigenvalue weighted by Gasteiger charge is -2.38. The van der Waals surface area contributed by atoms with Crippen molar-refractivity contribution in [1.82, 2.24) is 24.6 Å². The Bertz CT molecular complexity index is 1340. The summed E-state index contributed by atoms with van der Waals surface area (Å²) in [5, 5.41) is 8.80. The SMILES string of the molecule is CCc1cc(NC(=O)C(=O)N2C[C@@H](C)CC[C@@H]2c2ccc3cn([C@@H]4CCN(C)C[C@@H]4C)nc3c2)cnc1N. The molecule has 0 bridgehead atoms. The molecule has 0 unspecified atom stereocenters. The molecule has 9 nitrogen and oxygen atoms in total. The number of piperidine rings is 2. The normalized spacial score (nSPS) is 24.5. The predicted octanol–water partition coefficient (Wildman–Crippen LogP) is 4.03. The summed E-state index contributed by atoms with van der Waals surface area (Å²) >= 11 is 0. The average Bonchev–Trinajstić information content (AvgIpc) is 3.32. The number of nitrogens with two attached hydrogens (primary N) is 1. The topological polar surface area (TPSA) is 109 Å². The van der Waals surface area contributed by atoms with Crippen LogP contribution in [0.3, 0.4) is 0 Å². The van der Waals surface area contributed by atoms with Crippen LogP contribution in [-0.4, -0.2) is 63.1 Å². The van der Waals surface area contributed by atoms with Gasteiger partial charge in [-0.3, -0.25) is 14.3 Å². The van der Waals surface area contributed by atoms with Crippen molar-refractivity contribution in [2.24, 2.45) is 11.8 Å². The monoisotopic (exact) mass is 517 g/mol. The highest BCUT2D eigenvalue weighted by molar-refractivity contribution is 6.39. The van der Waals surface area contributed by atoms with Crippen LogP contribution >= 0.6 is 0 Å². The molecule has 38 heavy (non-hydrogen) atoms. The summed E-state index contributed by atoms with van der Waals surface area (Å²) in [5.41, 5.74) is 9.16. The van der Waals surface area contributed by atoms with Crippen molar-refractivity contribution in [2.45, 2.75) is 58.5 Å². The molecule has 0 spiro atoms. The van der Waals surface area contributed by atoms with Crippen molar-refractivity contribution in [3.63, 3.8) is 0 Å². The first-order chi connectivity index (χ1) is 18.2. The molecular weight excluding hydrogens is 478 g/mol. The van der Waals surface area contributed by atoms with E-state index >= 15 is 0 Å². The maximum Gasteiger partial charge on any atom is 0.313 e. The van der Waals surface area contributed by atoms with Gasteiger partial charge in [-0.1, -0.05) is 32.9 Å². The summed E-state index contributed by atoms with van der Waals surface area (Å²) in [6.45, 7) is 9.06. The number of pyridine rings is 1. The molecule has 5 rings (SSSR count). The molecular formula is C29H39N7O2. The Balaban J connectivity index is 1.37. The Morgan fingerprint density at radius 1 is 1.13 bits per heavy atom. The number of nitrogens with zero attached hydrogens (tertiary/aromatic N) is 5. The van der Waals surface area contributed by atoms with Crippen molar-refractivity contribution >= 4 is 34.2 Å². The molecule has 2 aliphatic heterocycles. The summed E-state index contributed by atoms with van der Waals surface area (Å²) in [7, 11) is 2.17. The first kappa shape index (κ1) is 26.2. The molecule has 1 aromatic carbocycles. The van der Waals surface area contributed by atoms with E-state index in [1.54, 1.807) is 11.0 Å². The van der Waals surface area contributed by atoms with Gasteiger partial charge >= 0.3 is 11.8 Å². The number of amides is 2. The predicted molar refractivity (Wildman–Crippen MR) is 150 cm³/mol. The number of rotatable bonds is 4. The van der Waals surface area contributed by atoms with Crippen LogP contribution < -0.4 is 11.1 Å². The molecule has 3 aromatic rings. The molecule has 2 saturated heterocycles. The number of carbonyl (C=O) groups excluding carboxylic acids is 2. The fourth-order valence-electron chi connectivity index (χ4n) is 6.08. The summed E-state index contributed by atoms with van der Waals surface area (Å²) in [4.78, 5) is 34.7. The van der Waals surface area contributed by atoms with Gasteiger partial charge < -0.3 is 20.9 Å². The first-order valence-electron chi connectivity index (χ1n) is 13.8. The minimum atomic E-state index is -0.653. The summed E-state index contributed by atoms with van der Waals surface area (Å²) in [5.74, 6) is 0.104. The van der Waals surface area contributed by atoms with Crippen molar-refractivity contribution in [1.29, 1.82) is 0 Å². The van der Waals surface area contributed by atoms with Gasteiger partial charge in [0.05, 0.1) is 29.5 Å². The zero-order valence-corrected chi connectivity index (χ0v) is 22.9. The molecule has 0 aliphatic carbocycles. The maximum atomic E-state index is 13.4. The fourth-order valence-corrected chi connectivity index (χ4v) is 6.08.